The third-order valence-corrected chi connectivity index (χ3v) is 4.07. The summed E-state index contributed by atoms with van der Waals surface area (Å²) in [6, 6.07) is 44.0. The summed E-state index contributed by atoms with van der Waals surface area (Å²) in [6.45, 7) is 0. The van der Waals surface area contributed by atoms with Crippen LogP contribution in [0.2, 0.25) is 0 Å². The number of isocyanates is 5. The van der Waals surface area contributed by atoms with Crippen molar-refractivity contribution in [1.29, 1.82) is 27.0 Å². The maximum absolute atomic E-state index is 8.35. The maximum atomic E-state index is 8.35. The Kier molecular flexibility index (Phi) is 31.4. The molecule has 0 bridgehead atoms. The SMILES string of the molecule is N=C=O.N=C=O.N=C=O.N=C=O.N=C=O.c1ccc(C(c2ccccc2)c2ccccc2)cc1.c1ccccc1. The molecule has 0 amide bonds. The van der Waals surface area contributed by atoms with Crippen LogP contribution in [-0.2, 0) is 24.0 Å². The van der Waals surface area contributed by atoms with Crippen molar-refractivity contribution >= 4 is 30.4 Å². The summed E-state index contributed by atoms with van der Waals surface area (Å²) in [5, 5.41) is 27.0. The molecule has 0 saturated heterocycles. The molecule has 5 N–H and O–H groups in total. The van der Waals surface area contributed by atoms with Crippen LogP contribution in [-0.4, -0.2) is 30.4 Å². The number of carbonyl (C=O) groups excluding carboxylic acids is 5. The van der Waals surface area contributed by atoms with Crippen molar-refractivity contribution in [2.45, 2.75) is 5.92 Å². The van der Waals surface area contributed by atoms with Gasteiger partial charge in [0.05, 0.1) is 0 Å². The highest BCUT2D eigenvalue weighted by atomic mass is 16.1. The third-order valence-electron chi connectivity index (χ3n) is 4.07. The molecule has 0 aromatic heterocycles. The molecule has 4 aromatic carbocycles. The van der Waals surface area contributed by atoms with Crippen molar-refractivity contribution in [2.75, 3.05) is 0 Å². The van der Waals surface area contributed by atoms with Gasteiger partial charge in [-0.2, -0.15) is 0 Å². The van der Waals surface area contributed by atoms with Crippen LogP contribution >= 0.6 is 0 Å². The molecule has 10 heteroatoms. The van der Waals surface area contributed by atoms with E-state index in [1.54, 1.807) is 0 Å². The fourth-order valence-electron chi connectivity index (χ4n) is 2.90. The van der Waals surface area contributed by atoms with Crippen LogP contribution < -0.4 is 0 Å². The molecule has 0 fully saturated rings. The monoisotopic (exact) mass is 537 g/mol. The van der Waals surface area contributed by atoms with E-state index in [0.29, 0.717) is 5.92 Å². The van der Waals surface area contributed by atoms with E-state index in [0.717, 1.165) is 30.4 Å². The van der Waals surface area contributed by atoms with Crippen LogP contribution in [0.25, 0.3) is 0 Å². The molecule has 4 rings (SSSR count). The summed E-state index contributed by atoms with van der Waals surface area (Å²) in [4.78, 5) is 41.7. The van der Waals surface area contributed by atoms with E-state index < -0.39 is 0 Å². The van der Waals surface area contributed by atoms with E-state index in [1.165, 1.54) is 16.7 Å². The lowest BCUT2D eigenvalue weighted by Gasteiger charge is -2.18. The summed E-state index contributed by atoms with van der Waals surface area (Å²) in [6.07, 6.45) is 3.75. The van der Waals surface area contributed by atoms with Crippen molar-refractivity contribution in [1.82, 2.24) is 0 Å². The highest BCUT2D eigenvalue weighted by molar-refractivity contribution is 5.42. The van der Waals surface area contributed by atoms with Gasteiger partial charge in [0.15, 0.2) is 0 Å². The first-order valence-electron chi connectivity index (χ1n) is 10.9. The Bertz CT molecular complexity index is 1100. The van der Waals surface area contributed by atoms with Crippen LogP contribution in [0.15, 0.2) is 127 Å². The van der Waals surface area contributed by atoms with Crippen molar-refractivity contribution in [3.63, 3.8) is 0 Å². The number of rotatable bonds is 3. The molecule has 0 saturated carbocycles. The lowest BCUT2D eigenvalue weighted by Crippen LogP contribution is -2.02. The average Bonchev–Trinajstić information content (AvgIpc) is 2.98. The fraction of sp³-hybridized carbons (Fsp3) is 0.0333. The van der Waals surface area contributed by atoms with E-state index >= 15 is 0 Å². The van der Waals surface area contributed by atoms with E-state index in [4.69, 9.17) is 51.0 Å². The molecule has 0 radical (unpaired) electrons. The quantitative estimate of drug-likeness (QED) is 0.120. The number of benzene rings is 4. The first-order valence-corrected chi connectivity index (χ1v) is 10.9. The molecule has 0 aliphatic rings. The molecule has 10 nitrogen and oxygen atoms in total. The predicted octanol–water partition coefficient (Wildman–Crippen LogP) is 6.06. The Morgan fingerprint density at radius 3 is 0.600 bits per heavy atom. The average molecular weight is 538 g/mol. The number of hydrogen-bond donors (Lipinski definition) is 5. The fourth-order valence-corrected chi connectivity index (χ4v) is 2.90. The molecule has 0 heterocycles. The highest BCUT2D eigenvalue weighted by Crippen LogP contribution is 2.31. The molecular formula is C30H27N5O5. The summed E-state index contributed by atoms with van der Waals surface area (Å²) in [7, 11) is 0. The molecule has 0 aliphatic carbocycles. The van der Waals surface area contributed by atoms with Crippen molar-refractivity contribution < 1.29 is 24.0 Å². The predicted molar refractivity (Wildman–Crippen MR) is 149 cm³/mol. The summed E-state index contributed by atoms with van der Waals surface area (Å²) in [5.41, 5.74) is 4.00. The Labute approximate surface area is 231 Å². The zero-order valence-electron chi connectivity index (χ0n) is 21.2. The standard InChI is InChI=1S/C19H16.C6H6.5CHNO/c1-4-10-16(11-5-1)19(17-12-6-2-7-13-17)18-14-8-3-9-15-18;1-2-4-6-5-3-1;5*2-1-3/h1-15,19H;1-6H;5*2H. The molecule has 202 valence electrons. The second kappa shape index (κ2) is 32.8. The van der Waals surface area contributed by atoms with Gasteiger partial charge in [0.2, 0.25) is 30.4 Å². The summed E-state index contributed by atoms with van der Waals surface area (Å²) in [5.74, 6) is 0.309. The molecular weight excluding hydrogens is 510 g/mol. The third kappa shape index (κ3) is 23.5. The smallest absolute Gasteiger partial charge is 0.222 e. The van der Waals surface area contributed by atoms with Gasteiger partial charge in [-0.1, -0.05) is 127 Å². The lowest BCUT2D eigenvalue weighted by molar-refractivity contribution is 0.562. The van der Waals surface area contributed by atoms with Crippen LogP contribution in [0.1, 0.15) is 22.6 Å². The minimum Gasteiger partial charge on any atom is -0.222 e. The Morgan fingerprint density at radius 1 is 0.325 bits per heavy atom. The molecule has 40 heavy (non-hydrogen) atoms. The van der Waals surface area contributed by atoms with Gasteiger partial charge in [-0.3, -0.25) is 0 Å². The van der Waals surface area contributed by atoms with Gasteiger partial charge in [0.25, 0.3) is 0 Å². The zero-order chi connectivity index (χ0) is 30.7. The van der Waals surface area contributed by atoms with Crippen LogP contribution in [0, 0.1) is 27.0 Å². The highest BCUT2D eigenvalue weighted by Gasteiger charge is 2.15. The van der Waals surface area contributed by atoms with E-state index in [1.807, 2.05) is 36.4 Å². The maximum Gasteiger partial charge on any atom is 0.231 e. The summed E-state index contributed by atoms with van der Waals surface area (Å²) >= 11 is 0. The molecule has 0 unspecified atom stereocenters. The summed E-state index contributed by atoms with van der Waals surface area (Å²) < 4.78 is 0. The second-order valence-electron chi connectivity index (χ2n) is 6.33. The zero-order valence-corrected chi connectivity index (χ0v) is 21.2. The van der Waals surface area contributed by atoms with Gasteiger partial charge >= 0.3 is 0 Å². The van der Waals surface area contributed by atoms with E-state index in [-0.39, 0.29) is 0 Å². The molecule has 0 aliphatic heterocycles. The van der Waals surface area contributed by atoms with Crippen LogP contribution in [0.4, 0.5) is 0 Å². The topological polar surface area (TPSA) is 205 Å². The van der Waals surface area contributed by atoms with E-state index in [2.05, 4.69) is 91.0 Å². The minimum atomic E-state index is 0.309. The van der Waals surface area contributed by atoms with Gasteiger partial charge in [-0.25, -0.2) is 51.0 Å². The van der Waals surface area contributed by atoms with Gasteiger partial charge in [0, 0.05) is 5.92 Å². The first kappa shape index (κ1) is 38.3. The van der Waals surface area contributed by atoms with Crippen molar-refractivity contribution in [3.8, 4) is 0 Å². The molecule has 0 spiro atoms. The number of nitrogens with one attached hydrogen (secondary N) is 5. The van der Waals surface area contributed by atoms with Crippen molar-refractivity contribution in [2.24, 2.45) is 0 Å². The normalized spacial score (nSPS) is 7.22. The van der Waals surface area contributed by atoms with Crippen LogP contribution in [0.3, 0.4) is 0 Å². The second-order valence-corrected chi connectivity index (χ2v) is 6.33. The van der Waals surface area contributed by atoms with E-state index in [9.17, 15) is 0 Å². The first-order chi connectivity index (χ1) is 19.5. The number of hydrogen-bond acceptors (Lipinski definition) is 10. The van der Waals surface area contributed by atoms with Gasteiger partial charge in [-0.05, 0) is 16.7 Å². The van der Waals surface area contributed by atoms with Crippen LogP contribution in [0.5, 0.6) is 0 Å². The Morgan fingerprint density at radius 2 is 0.450 bits per heavy atom. The van der Waals surface area contributed by atoms with Gasteiger partial charge in [-0.15, -0.1) is 0 Å². The Hall–Kier alpha value is -6.22. The Balaban J connectivity index is -0.000000535. The largest absolute Gasteiger partial charge is 0.231 e. The molecule has 4 aromatic rings. The van der Waals surface area contributed by atoms with Gasteiger partial charge < -0.3 is 0 Å². The van der Waals surface area contributed by atoms with Crippen molar-refractivity contribution in [3.05, 3.63) is 144 Å². The lowest BCUT2D eigenvalue weighted by atomic mass is 9.85. The minimum absolute atomic E-state index is 0.309. The molecule has 0 atom stereocenters. The van der Waals surface area contributed by atoms with Gasteiger partial charge in [0.1, 0.15) is 0 Å².